The summed E-state index contributed by atoms with van der Waals surface area (Å²) in [4.78, 5) is 14.2. The summed E-state index contributed by atoms with van der Waals surface area (Å²) < 4.78 is 18.2. The highest BCUT2D eigenvalue weighted by molar-refractivity contribution is 5.78. The zero-order valence-electron chi connectivity index (χ0n) is 13.5. The first-order valence-corrected chi connectivity index (χ1v) is 8.15. The zero-order valence-corrected chi connectivity index (χ0v) is 13.5. The van der Waals surface area contributed by atoms with Crippen LogP contribution in [0.5, 0.6) is 5.75 Å². The van der Waals surface area contributed by atoms with Gasteiger partial charge >= 0.3 is 0 Å². The average Bonchev–Trinajstić information content (AvgIpc) is 2.60. The largest absolute Gasteiger partial charge is 0.492 e. The Labute approximate surface area is 141 Å². The lowest BCUT2D eigenvalue weighted by molar-refractivity contribution is -0.122. The van der Waals surface area contributed by atoms with Gasteiger partial charge in [-0.3, -0.25) is 9.69 Å². The molecular formula is C19H21FN2O2. The molecule has 2 aromatic rings. The van der Waals surface area contributed by atoms with Gasteiger partial charge in [-0.25, -0.2) is 4.39 Å². The second-order valence-electron chi connectivity index (χ2n) is 5.88. The van der Waals surface area contributed by atoms with E-state index in [2.05, 4.69) is 28.4 Å². The molecule has 2 aromatic carbocycles. The SMILES string of the molecule is O=C(CN1CCc2ccccc2C1)NCCOc1ccc(F)cc1. The maximum absolute atomic E-state index is 12.8. The highest BCUT2D eigenvalue weighted by atomic mass is 19.1. The molecule has 0 fully saturated rings. The molecule has 5 heteroatoms. The fraction of sp³-hybridized carbons (Fsp3) is 0.316. The summed E-state index contributed by atoms with van der Waals surface area (Å²) in [6, 6.07) is 14.2. The predicted molar refractivity (Wildman–Crippen MR) is 90.3 cm³/mol. The van der Waals surface area contributed by atoms with Gasteiger partial charge in [-0.05, 0) is 41.8 Å². The summed E-state index contributed by atoms with van der Waals surface area (Å²) in [6.07, 6.45) is 0.983. The molecule has 0 radical (unpaired) electrons. The van der Waals surface area contributed by atoms with E-state index in [9.17, 15) is 9.18 Å². The maximum atomic E-state index is 12.8. The van der Waals surface area contributed by atoms with Crippen molar-refractivity contribution in [3.05, 3.63) is 65.5 Å². The van der Waals surface area contributed by atoms with Crippen molar-refractivity contribution >= 4 is 5.91 Å². The van der Waals surface area contributed by atoms with Crippen molar-refractivity contribution in [3.63, 3.8) is 0 Å². The standard InChI is InChI=1S/C19H21FN2O2/c20-17-5-7-18(8-6-17)24-12-10-21-19(23)14-22-11-9-15-3-1-2-4-16(15)13-22/h1-8H,9-14H2,(H,21,23). The monoisotopic (exact) mass is 328 g/mol. The van der Waals surface area contributed by atoms with Crippen LogP contribution in [0.3, 0.4) is 0 Å². The van der Waals surface area contributed by atoms with Crippen molar-refractivity contribution in [2.75, 3.05) is 26.2 Å². The third-order valence-electron chi connectivity index (χ3n) is 4.08. The highest BCUT2D eigenvalue weighted by Crippen LogP contribution is 2.17. The van der Waals surface area contributed by atoms with Crippen LogP contribution in [0, 0.1) is 5.82 Å². The molecule has 4 nitrogen and oxygen atoms in total. The van der Waals surface area contributed by atoms with E-state index in [4.69, 9.17) is 4.74 Å². The van der Waals surface area contributed by atoms with Gasteiger partial charge in [0.2, 0.25) is 5.91 Å². The van der Waals surface area contributed by atoms with Crippen LogP contribution >= 0.6 is 0 Å². The minimum atomic E-state index is -0.293. The molecule has 1 amide bonds. The lowest BCUT2D eigenvalue weighted by Crippen LogP contribution is -2.40. The van der Waals surface area contributed by atoms with Gasteiger partial charge in [-0.15, -0.1) is 0 Å². The molecular weight excluding hydrogens is 307 g/mol. The number of carbonyl (C=O) groups is 1. The van der Waals surface area contributed by atoms with Gasteiger partial charge in [0.1, 0.15) is 18.2 Å². The van der Waals surface area contributed by atoms with Crippen molar-refractivity contribution in [3.8, 4) is 5.75 Å². The first-order chi connectivity index (χ1) is 11.7. The number of hydrogen-bond donors (Lipinski definition) is 1. The van der Waals surface area contributed by atoms with Gasteiger partial charge in [0.05, 0.1) is 13.1 Å². The Morgan fingerprint density at radius 3 is 2.67 bits per heavy atom. The first-order valence-electron chi connectivity index (χ1n) is 8.15. The number of rotatable bonds is 6. The third kappa shape index (κ3) is 4.55. The third-order valence-corrected chi connectivity index (χ3v) is 4.08. The molecule has 126 valence electrons. The molecule has 0 saturated carbocycles. The minimum Gasteiger partial charge on any atom is -0.492 e. The summed E-state index contributed by atoms with van der Waals surface area (Å²) in [7, 11) is 0. The van der Waals surface area contributed by atoms with E-state index < -0.39 is 0 Å². The quantitative estimate of drug-likeness (QED) is 0.828. The molecule has 1 heterocycles. The lowest BCUT2D eigenvalue weighted by Gasteiger charge is -2.28. The number of nitrogens with zero attached hydrogens (tertiary/aromatic N) is 1. The smallest absolute Gasteiger partial charge is 0.234 e. The van der Waals surface area contributed by atoms with Crippen molar-refractivity contribution in [1.29, 1.82) is 0 Å². The summed E-state index contributed by atoms with van der Waals surface area (Å²) in [6.45, 7) is 2.90. The van der Waals surface area contributed by atoms with Crippen LogP contribution in [0.2, 0.25) is 0 Å². The Balaban J connectivity index is 1.36. The van der Waals surface area contributed by atoms with Gasteiger partial charge in [0, 0.05) is 13.1 Å². The van der Waals surface area contributed by atoms with Gasteiger partial charge in [0.25, 0.3) is 0 Å². The Morgan fingerprint density at radius 1 is 1.12 bits per heavy atom. The molecule has 24 heavy (non-hydrogen) atoms. The van der Waals surface area contributed by atoms with E-state index in [1.165, 1.54) is 23.3 Å². The van der Waals surface area contributed by atoms with E-state index in [1.54, 1.807) is 12.1 Å². The van der Waals surface area contributed by atoms with E-state index in [-0.39, 0.29) is 11.7 Å². The van der Waals surface area contributed by atoms with Crippen LogP contribution < -0.4 is 10.1 Å². The first kappa shape index (κ1) is 16.5. The summed E-state index contributed by atoms with van der Waals surface area (Å²) in [5.41, 5.74) is 2.68. The number of carbonyl (C=O) groups excluding carboxylic acids is 1. The lowest BCUT2D eigenvalue weighted by atomic mass is 10.00. The van der Waals surface area contributed by atoms with E-state index >= 15 is 0 Å². The second kappa shape index (κ2) is 7.93. The molecule has 0 aromatic heterocycles. The van der Waals surface area contributed by atoms with Crippen LogP contribution in [0.15, 0.2) is 48.5 Å². The molecule has 0 unspecified atom stereocenters. The molecule has 1 aliphatic rings. The van der Waals surface area contributed by atoms with Crippen molar-refractivity contribution in [1.82, 2.24) is 10.2 Å². The molecule has 0 saturated heterocycles. The Hall–Kier alpha value is -2.40. The number of halogens is 1. The molecule has 0 atom stereocenters. The Morgan fingerprint density at radius 2 is 1.88 bits per heavy atom. The van der Waals surface area contributed by atoms with Crippen LogP contribution in [0.1, 0.15) is 11.1 Å². The number of amides is 1. The minimum absolute atomic E-state index is 0.00270. The number of fused-ring (bicyclic) bond motifs is 1. The normalized spacial score (nSPS) is 14.0. The number of benzene rings is 2. The van der Waals surface area contributed by atoms with Gasteiger partial charge in [0.15, 0.2) is 0 Å². The molecule has 1 N–H and O–H groups in total. The summed E-state index contributed by atoms with van der Waals surface area (Å²) >= 11 is 0. The summed E-state index contributed by atoms with van der Waals surface area (Å²) in [5.74, 6) is 0.300. The molecule has 0 spiro atoms. The zero-order chi connectivity index (χ0) is 16.8. The molecule has 1 aliphatic heterocycles. The van der Waals surface area contributed by atoms with Crippen LogP contribution in [-0.4, -0.2) is 37.0 Å². The van der Waals surface area contributed by atoms with Crippen molar-refractivity contribution < 1.29 is 13.9 Å². The molecule has 3 rings (SSSR count). The molecule has 0 bridgehead atoms. The fourth-order valence-corrected chi connectivity index (χ4v) is 2.84. The topological polar surface area (TPSA) is 41.6 Å². The summed E-state index contributed by atoms with van der Waals surface area (Å²) in [5, 5.41) is 2.86. The fourth-order valence-electron chi connectivity index (χ4n) is 2.84. The van der Waals surface area contributed by atoms with Gasteiger partial charge < -0.3 is 10.1 Å². The second-order valence-corrected chi connectivity index (χ2v) is 5.88. The maximum Gasteiger partial charge on any atom is 0.234 e. The molecule has 0 aliphatic carbocycles. The van der Waals surface area contributed by atoms with Crippen LogP contribution in [0.25, 0.3) is 0 Å². The van der Waals surface area contributed by atoms with Crippen LogP contribution in [0.4, 0.5) is 4.39 Å². The number of hydrogen-bond acceptors (Lipinski definition) is 3. The van der Waals surface area contributed by atoms with Gasteiger partial charge in [-0.2, -0.15) is 0 Å². The number of nitrogens with one attached hydrogen (secondary N) is 1. The predicted octanol–water partition coefficient (Wildman–Crippen LogP) is 2.38. The average molecular weight is 328 g/mol. The van der Waals surface area contributed by atoms with E-state index in [0.717, 1.165) is 19.5 Å². The van der Waals surface area contributed by atoms with Crippen LogP contribution in [-0.2, 0) is 17.8 Å². The van der Waals surface area contributed by atoms with Crippen molar-refractivity contribution in [2.24, 2.45) is 0 Å². The van der Waals surface area contributed by atoms with E-state index in [0.29, 0.717) is 25.4 Å². The van der Waals surface area contributed by atoms with Crippen molar-refractivity contribution in [2.45, 2.75) is 13.0 Å². The Bertz CT molecular complexity index is 688. The number of ether oxygens (including phenoxy) is 1. The van der Waals surface area contributed by atoms with E-state index in [1.807, 2.05) is 6.07 Å². The highest BCUT2D eigenvalue weighted by Gasteiger charge is 2.17. The Kier molecular flexibility index (Phi) is 5.43. The van der Waals surface area contributed by atoms with Gasteiger partial charge in [-0.1, -0.05) is 24.3 Å².